The maximum absolute atomic E-state index is 13.1. The fraction of sp³-hybridized carbons (Fsp3) is 0.417. The van der Waals surface area contributed by atoms with Crippen LogP contribution in [0.15, 0.2) is 54.6 Å². The number of hydrogen-bond acceptors (Lipinski definition) is 7. The van der Waals surface area contributed by atoms with Gasteiger partial charge in [-0.05, 0) is 49.1 Å². The van der Waals surface area contributed by atoms with Crippen molar-refractivity contribution in [3.05, 3.63) is 66.0 Å². The lowest BCUT2D eigenvalue weighted by atomic mass is 9.92. The molecule has 1 N–H and O–H groups in total. The zero-order chi connectivity index (χ0) is 25.3. The number of esters is 1. The number of benzene rings is 2. The second-order valence-corrected chi connectivity index (χ2v) is 10.1. The largest absolute Gasteiger partial charge is 0.494 e. The van der Waals surface area contributed by atoms with E-state index in [1.807, 2.05) is 30.3 Å². The molecule has 2 aromatic carbocycles. The average molecular weight is 509 g/mol. The van der Waals surface area contributed by atoms with Crippen LogP contribution in [0.25, 0.3) is 0 Å². The molecule has 0 radical (unpaired) electrons. The van der Waals surface area contributed by atoms with E-state index in [9.17, 15) is 22.4 Å². The topological polar surface area (TPSA) is 111 Å². The van der Waals surface area contributed by atoms with Crippen LogP contribution in [0.2, 0.25) is 0 Å². The monoisotopic (exact) mass is 508 g/mol. The molecule has 1 amide bonds. The predicted octanol–water partition coefficient (Wildman–Crippen LogP) is 2.43. The van der Waals surface area contributed by atoms with E-state index in [-0.39, 0.29) is 44.8 Å². The molecule has 3 rings (SSSR count). The van der Waals surface area contributed by atoms with Crippen LogP contribution >= 0.6 is 0 Å². The molecule has 1 fully saturated rings. The van der Waals surface area contributed by atoms with Gasteiger partial charge in [-0.2, -0.15) is 4.31 Å². The number of methoxy groups -OCH3 is 1. The van der Waals surface area contributed by atoms with Gasteiger partial charge in [0.05, 0.1) is 32.0 Å². The number of piperidine rings is 1. The van der Waals surface area contributed by atoms with Crippen molar-refractivity contribution >= 4 is 21.9 Å². The SMILES string of the molecule is COC(=O)C1CCN(S(=O)(=O)CCCOc2ccc(F)cc2)C(C(=O)NOCc2ccccc2)C1. The number of amides is 1. The van der Waals surface area contributed by atoms with Crippen LogP contribution in [0.3, 0.4) is 0 Å². The first-order chi connectivity index (χ1) is 16.8. The van der Waals surface area contributed by atoms with Crippen molar-refractivity contribution in [1.29, 1.82) is 0 Å². The van der Waals surface area contributed by atoms with E-state index >= 15 is 0 Å². The highest BCUT2D eigenvalue weighted by atomic mass is 32.2. The van der Waals surface area contributed by atoms with E-state index in [1.165, 1.54) is 31.4 Å². The molecule has 2 atom stereocenters. The highest BCUT2D eigenvalue weighted by Gasteiger charge is 2.42. The van der Waals surface area contributed by atoms with Gasteiger partial charge in [0.1, 0.15) is 17.6 Å². The molecule has 0 aliphatic carbocycles. The molecule has 0 spiro atoms. The van der Waals surface area contributed by atoms with Crippen LogP contribution in [0.1, 0.15) is 24.8 Å². The van der Waals surface area contributed by atoms with Crippen LogP contribution < -0.4 is 10.2 Å². The van der Waals surface area contributed by atoms with Crippen LogP contribution in [0, 0.1) is 11.7 Å². The first kappa shape index (κ1) is 26.6. The third kappa shape index (κ3) is 7.74. The van der Waals surface area contributed by atoms with Crippen LogP contribution in [0.4, 0.5) is 4.39 Å². The number of nitrogens with one attached hydrogen (secondary N) is 1. The summed E-state index contributed by atoms with van der Waals surface area (Å²) in [6.07, 6.45) is 0.390. The number of carbonyl (C=O) groups excluding carboxylic acids is 2. The first-order valence-electron chi connectivity index (χ1n) is 11.2. The molecule has 1 aliphatic heterocycles. The van der Waals surface area contributed by atoms with Crippen LogP contribution in [-0.4, -0.2) is 56.7 Å². The minimum absolute atomic E-state index is 0.00229. The molecular weight excluding hydrogens is 479 g/mol. The van der Waals surface area contributed by atoms with Crippen molar-refractivity contribution < 1.29 is 36.7 Å². The Balaban J connectivity index is 1.60. The summed E-state index contributed by atoms with van der Waals surface area (Å²) < 4.78 is 50.5. The second kappa shape index (κ2) is 12.6. The molecule has 1 heterocycles. The smallest absolute Gasteiger partial charge is 0.308 e. The Morgan fingerprint density at radius 3 is 2.51 bits per heavy atom. The van der Waals surface area contributed by atoms with Gasteiger partial charge in [0.25, 0.3) is 5.91 Å². The fourth-order valence-corrected chi connectivity index (χ4v) is 5.48. The summed E-state index contributed by atoms with van der Waals surface area (Å²) in [7, 11) is -2.59. The minimum atomic E-state index is -3.85. The van der Waals surface area contributed by atoms with E-state index in [0.29, 0.717) is 5.75 Å². The van der Waals surface area contributed by atoms with Gasteiger partial charge in [0.15, 0.2) is 0 Å². The summed E-state index contributed by atoms with van der Waals surface area (Å²) in [5.41, 5.74) is 3.15. The Hall–Kier alpha value is -3.02. The number of rotatable bonds is 11. The first-order valence-corrected chi connectivity index (χ1v) is 12.8. The zero-order valence-corrected chi connectivity index (χ0v) is 20.2. The van der Waals surface area contributed by atoms with E-state index < -0.39 is 39.7 Å². The lowest BCUT2D eigenvalue weighted by Crippen LogP contribution is -2.55. The van der Waals surface area contributed by atoms with Gasteiger partial charge in [-0.25, -0.2) is 18.3 Å². The maximum atomic E-state index is 13.1. The third-order valence-electron chi connectivity index (χ3n) is 5.63. The standard InChI is InChI=1S/C24H29FN2O7S/c1-32-24(29)19-12-13-27(22(16-19)23(28)26-34-17-18-6-3-2-4-7-18)35(30,31)15-5-14-33-21-10-8-20(25)9-11-21/h2-4,6-11,19,22H,5,12-17H2,1H3,(H,26,28). The lowest BCUT2D eigenvalue weighted by molar-refractivity contribution is -0.149. The molecule has 2 unspecified atom stereocenters. The minimum Gasteiger partial charge on any atom is -0.494 e. The van der Waals surface area contributed by atoms with Crippen molar-refractivity contribution in [3.8, 4) is 5.75 Å². The number of sulfonamides is 1. The predicted molar refractivity (Wildman–Crippen MR) is 125 cm³/mol. The van der Waals surface area contributed by atoms with Crippen molar-refractivity contribution in [2.45, 2.75) is 31.9 Å². The van der Waals surface area contributed by atoms with Crippen LogP contribution in [0.5, 0.6) is 5.75 Å². The molecule has 1 saturated heterocycles. The van der Waals surface area contributed by atoms with Crippen molar-refractivity contribution in [3.63, 3.8) is 0 Å². The van der Waals surface area contributed by atoms with Gasteiger partial charge in [-0.3, -0.25) is 14.4 Å². The molecule has 0 bridgehead atoms. The van der Waals surface area contributed by atoms with Crippen LogP contribution in [-0.2, 0) is 35.8 Å². The van der Waals surface area contributed by atoms with Gasteiger partial charge in [-0.1, -0.05) is 30.3 Å². The van der Waals surface area contributed by atoms with Gasteiger partial charge < -0.3 is 9.47 Å². The van der Waals surface area contributed by atoms with E-state index in [1.54, 1.807) is 0 Å². The number of nitrogens with zero attached hydrogens (tertiary/aromatic N) is 1. The summed E-state index contributed by atoms with van der Waals surface area (Å²) in [4.78, 5) is 30.2. The molecule has 1 aliphatic rings. The van der Waals surface area contributed by atoms with Gasteiger partial charge in [0, 0.05) is 6.54 Å². The number of hydroxylamine groups is 1. The molecule has 0 saturated carbocycles. The van der Waals surface area contributed by atoms with Crippen molar-refractivity contribution in [2.24, 2.45) is 5.92 Å². The Morgan fingerprint density at radius 2 is 1.83 bits per heavy atom. The summed E-state index contributed by atoms with van der Waals surface area (Å²) in [5.74, 6) is -1.97. The quantitative estimate of drug-likeness (QED) is 0.282. The molecule has 0 aromatic heterocycles. The highest BCUT2D eigenvalue weighted by molar-refractivity contribution is 7.89. The highest BCUT2D eigenvalue weighted by Crippen LogP contribution is 2.27. The Kier molecular flexibility index (Phi) is 9.58. The number of carbonyl (C=O) groups is 2. The molecule has 11 heteroatoms. The van der Waals surface area contributed by atoms with Crippen molar-refractivity contribution in [1.82, 2.24) is 9.79 Å². The Morgan fingerprint density at radius 1 is 1.11 bits per heavy atom. The Bertz CT molecular complexity index is 1080. The molecule has 190 valence electrons. The molecule has 2 aromatic rings. The number of hydrogen-bond donors (Lipinski definition) is 1. The number of halogens is 1. The van der Waals surface area contributed by atoms with E-state index in [0.717, 1.165) is 9.87 Å². The lowest BCUT2D eigenvalue weighted by Gasteiger charge is -2.36. The average Bonchev–Trinajstić information content (AvgIpc) is 2.87. The van der Waals surface area contributed by atoms with Gasteiger partial charge in [-0.15, -0.1) is 0 Å². The third-order valence-corrected chi connectivity index (χ3v) is 7.59. The van der Waals surface area contributed by atoms with E-state index in [2.05, 4.69) is 5.48 Å². The summed E-state index contributed by atoms with van der Waals surface area (Å²) in [6, 6.07) is 13.5. The normalized spacial score (nSPS) is 18.6. The molecule has 35 heavy (non-hydrogen) atoms. The number of ether oxygens (including phenoxy) is 2. The molecular formula is C24H29FN2O7S. The van der Waals surface area contributed by atoms with Gasteiger partial charge >= 0.3 is 5.97 Å². The summed E-state index contributed by atoms with van der Waals surface area (Å²) in [6.45, 7) is 0.200. The molecule has 9 nitrogen and oxygen atoms in total. The fourth-order valence-electron chi connectivity index (χ4n) is 3.81. The summed E-state index contributed by atoms with van der Waals surface area (Å²) in [5, 5.41) is 0. The van der Waals surface area contributed by atoms with Crippen molar-refractivity contribution in [2.75, 3.05) is 26.0 Å². The summed E-state index contributed by atoms with van der Waals surface area (Å²) >= 11 is 0. The maximum Gasteiger partial charge on any atom is 0.308 e. The Labute approximate surface area is 204 Å². The van der Waals surface area contributed by atoms with Gasteiger partial charge in [0.2, 0.25) is 10.0 Å². The van der Waals surface area contributed by atoms with E-state index in [4.69, 9.17) is 14.3 Å². The zero-order valence-electron chi connectivity index (χ0n) is 19.4. The second-order valence-electron chi connectivity index (χ2n) is 8.08.